The van der Waals surface area contributed by atoms with Crippen molar-refractivity contribution in [1.82, 2.24) is 19.9 Å². The summed E-state index contributed by atoms with van der Waals surface area (Å²) in [5, 5.41) is 4.81. The zero-order valence-electron chi connectivity index (χ0n) is 19.9. The Labute approximate surface area is 189 Å². The first-order valence-electron chi connectivity index (χ1n) is 11.6. The normalized spacial score (nSPS) is 15.1. The minimum absolute atomic E-state index is 0.0234. The molecule has 1 fully saturated rings. The molecule has 0 radical (unpaired) electrons. The molecule has 3 aromatic rings. The number of rotatable bonds is 7. The molecule has 3 aromatic heterocycles. The van der Waals surface area contributed by atoms with E-state index in [1.807, 2.05) is 51.9 Å². The molecule has 1 amide bonds. The summed E-state index contributed by atoms with van der Waals surface area (Å²) in [6.07, 6.45) is 6.21. The number of pyridine rings is 1. The molecule has 0 unspecified atom stereocenters. The topological polar surface area (TPSA) is 75.6 Å². The highest BCUT2D eigenvalue weighted by molar-refractivity contribution is 6.07. The summed E-state index contributed by atoms with van der Waals surface area (Å²) in [7, 11) is 4.08. The van der Waals surface area contributed by atoms with Crippen LogP contribution >= 0.6 is 0 Å². The number of furan rings is 1. The first-order chi connectivity index (χ1) is 15.3. The van der Waals surface area contributed by atoms with Gasteiger partial charge in [-0.15, -0.1) is 0 Å². The lowest BCUT2D eigenvalue weighted by Crippen LogP contribution is -2.40. The van der Waals surface area contributed by atoms with E-state index in [2.05, 4.69) is 15.0 Å². The number of nitrogens with zero attached hydrogens (tertiary/aromatic N) is 4. The number of carbonyl (C=O) groups is 1. The van der Waals surface area contributed by atoms with E-state index >= 15 is 0 Å². The van der Waals surface area contributed by atoms with Gasteiger partial charge in [0.05, 0.1) is 22.3 Å². The minimum Gasteiger partial charge on any atom is -0.466 e. The summed E-state index contributed by atoms with van der Waals surface area (Å²) in [6.45, 7) is 7.99. The number of aromatic nitrogens is 2. The molecule has 1 aliphatic carbocycles. The van der Waals surface area contributed by atoms with Crippen molar-refractivity contribution in [1.29, 1.82) is 0 Å². The fourth-order valence-corrected chi connectivity index (χ4v) is 4.73. The van der Waals surface area contributed by atoms with Crippen LogP contribution in [0.3, 0.4) is 0 Å². The first kappa shape index (κ1) is 22.5. The second-order valence-electron chi connectivity index (χ2n) is 9.39. The molecule has 1 saturated carbocycles. The van der Waals surface area contributed by atoms with Gasteiger partial charge in [0, 0.05) is 25.2 Å². The van der Waals surface area contributed by atoms with E-state index in [1.165, 1.54) is 32.1 Å². The number of aryl methyl sites for hydroxylation is 3. The van der Waals surface area contributed by atoms with Crippen LogP contribution in [-0.2, 0) is 0 Å². The highest BCUT2D eigenvalue weighted by Crippen LogP contribution is 2.32. The van der Waals surface area contributed by atoms with E-state index in [0.29, 0.717) is 40.5 Å². The highest BCUT2D eigenvalue weighted by atomic mass is 16.5. The molecule has 0 atom stereocenters. The molecule has 0 N–H and O–H groups in total. The molecule has 0 spiro atoms. The second-order valence-corrected chi connectivity index (χ2v) is 9.39. The number of likely N-dealkylation sites (N-methyl/N-ethyl adjacent to an activating group) is 1. The van der Waals surface area contributed by atoms with Gasteiger partial charge in [-0.05, 0) is 65.8 Å². The largest absolute Gasteiger partial charge is 0.466 e. The molecule has 0 saturated heterocycles. The number of fused-ring (bicyclic) bond motifs is 1. The van der Waals surface area contributed by atoms with Crippen LogP contribution in [0.1, 0.15) is 59.7 Å². The molecule has 32 heavy (non-hydrogen) atoms. The zero-order valence-corrected chi connectivity index (χ0v) is 19.9. The Bertz CT molecular complexity index is 1090. The van der Waals surface area contributed by atoms with Crippen LogP contribution in [0.25, 0.3) is 22.4 Å². The van der Waals surface area contributed by atoms with Crippen LogP contribution in [0.5, 0.6) is 0 Å². The van der Waals surface area contributed by atoms with Gasteiger partial charge in [-0.3, -0.25) is 4.79 Å². The van der Waals surface area contributed by atoms with Gasteiger partial charge in [-0.25, -0.2) is 4.98 Å². The van der Waals surface area contributed by atoms with Crippen molar-refractivity contribution >= 4 is 17.0 Å². The number of hydrogen-bond acceptors (Lipinski definition) is 6. The Balaban J connectivity index is 1.74. The molecule has 7 heteroatoms. The third-order valence-corrected chi connectivity index (χ3v) is 6.47. The maximum Gasteiger partial charge on any atom is 0.259 e. The summed E-state index contributed by atoms with van der Waals surface area (Å²) >= 11 is 0. The summed E-state index contributed by atoms with van der Waals surface area (Å²) < 4.78 is 11.2. The summed E-state index contributed by atoms with van der Waals surface area (Å²) in [6, 6.07) is 3.84. The molecule has 0 bridgehead atoms. The highest BCUT2D eigenvalue weighted by Gasteiger charge is 2.27. The predicted octanol–water partition coefficient (Wildman–Crippen LogP) is 4.99. The first-order valence-corrected chi connectivity index (χ1v) is 11.6. The smallest absolute Gasteiger partial charge is 0.259 e. The third-order valence-electron chi connectivity index (χ3n) is 6.47. The summed E-state index contributed by atoms with van der Waals surface area (Å²) in [5.41, 5.74) is 3.24. The van der Waals surface area contributed by atoms with Crippen LogP contribution < -0.4 is 0 Å². The standard InChI is InChI=1S/C25H34N4O3/c1-16-13-20(18(3)31-16)22-14-21(23-17(2)27-32-24(23)26-22)25(30)29(12-11-28(4)5)15-19-9-7-6-8-10-19/h13-14,19H,6-12,15H2,1-5H3. The van der Waals surface area contributed by atoms with Crippen molar-refractivity contribution in [2.24, 2.45) is 5.92 Å². The average Bonchev–Trinajstić information content (AvgIpc) is 3.31. The Morgan fingerprint density at radius 3 is 2.50 bits per heavy atom. The van der Waals surface area contributed by atoms with Crippen LogP contribution in [0, 0.1) is 26.7 Å². The average molecular weight is 439 g/mol. The van der Waals surface area contributed by atoms with E-state index in [0.717, 1.165) is 30.2 Å². The lowest BCUT2D eigenvalue weighted by atomic mass is 9.88. The maximum atomic E-state index is 14.0. The van der Waals surface area contributed by atoms with Crippen LogP contribution in [0.4, 0.5) is 0 Å². The monoisotopic (exact) mass is 438 g/mol. The Morgan fingerprint density at radius 1 is 1.09 bits per heavy atom. The number of hydrogen-bond donors (Lipinski definition) is 0. The molecule has 4 rings (SSSR count). The summed E-state index contributed by atoms with van der Waals surface area (Å²) in [4.78, 5) is 22.8. The zero-order chi connectivity index (χ0) is 22.8. The summed E-state index contributed by atoms with van der Waals surface area (Å²) in [5.74, 6) is 2.17. The Kier molecular flexibility index (Phi) is 6.65. The van der Waals surface area contributed by atoms with E-state index in [-0.39, 0.29) is 5.91 Å². The maximum absolute atomic E-state index is 14.0. The van der Waals surface area contributed by atoms with Crippen molar-refractivity contribution in [3.8, 4) is 11.3 Å². The quantitative estimate of drug-likeness (QED) is 0.517. The molecular weight excluding hydrogens is 404 g/mol. The molecule has 3 heterocycles. The van der Waals surface area contributed by atoms with E-state index in [1.54, 1.807) is 0 Å². The van der Waals surface area contributed by atoms with Gasteiger partial charge in [0.25, 0.3) is 11.6 Å². The van der Waals surface area contributed by atoms with Crippen molar-refractivity contribution in [2.45, 2.75) is 52.9 Å². The molecule has 0 aromatic carbocycles. The van der Waals surface area contributed by atoms with Crippen molar-refractivity contribution in [3.63, 3.8) is 0 Å². The van der Waals surface area contributed by atoms with Gasteiger partial charge >= 0.3 is 0 Å². The number of amides is 1. The second kappa shape index (κ2) is 9.45. The molecule has 7 nitrogen and oxygen atoms in total. The molecule has 0 aliphatic heterocycles. The minimum atomic E-state index is 0.0234. The Morgan fingerprint density at radius 2 is 1.84 bits per heavy atom. The Hall–Kier alpha value is -2.67. The lowest BCUT2D eigenvalue weighted by molar-refractivity contribution is 0.0703. The third kappa shape index (κ3) is 4.72. The van der Waals surface area contributed by atoms with Crippen molar-refractivity contribution in [2.75, 3.05) is 33.7 Å². The van der Waals surface area contributed by atoms with Gasteiger partial charge in [-0.2, -0.15) is 0 Å². The van der Waals surface area contributed by atoms with Crippen LogP contribution in [-0.4, -0.2) is 59.6 Å². The van der Waals surface area contributed by atoms with Gasteiger partial charge in [0.15, 0.2) is 0 Å². The predicted molar refractivity (Wildman–Crippen MR) is 125 cm³/mol. The van der Waals surface area contributed by atoms with Crippen molar-refractivity contribution < 1.29 is 13.7 Å². The number of carbonyl (C=O) groups excluding carboxylic acids is 1. The fraction of sp³-hybridized carbons (Fsp3) is 0.560. The molecular formula is C25H34N4O3. The van der Waals surface area contributed by atoms with Gasteiger partial charge in [0.1, 0.15) is 11.5 Å². The fourth-order valence-electron chi connectivity index (χ4n) is 4.73. The van der Waals surface area contributed by atoms with E-state index in [4.69, 9.17) is 8.94 Å². The van der Waals surface area contributed by atoms with E-state index < -0.39 is 0 Å². The SMILES string of the molecule is Cc1cc(-c2cc(C(=O)N(CCN(C)C)CC3CCCCC3)c3c(C)noc3n2)c(C)o1. The van der Waals surface area contributed by atoms with Crippen LogP contribution in [0.15, 0.2) is 21.1 Å². The van der Waals surface area contributed by atoms with Crippen LogP contribution in [0.2, 0.25) is 0 Å². The van der Waals surface area contributed by atoms with Gasteiger partial charge in [-0.1, -0.05) is 24.4 Å². The van der Waals surface area contributed by atoms with E-state index in [9.17, 15) is 4.79 Å². The molecule has 1 aliphatic rings. The molecule has 172 valence electrons. The van der Waals surface area contributed by atoms with Gasteiger partial charge < -0.3 is 18.7 Å². The van der Waals surface area contributed by atoms with Crippen molar-refractivity contribution in [3.05, 3.63) is 34.9 Å². The lowest BCUT2D eigenvalue weighted by Gasteiger charge is -2.31. The van der Waals surface area contributed by atoms with Gasteiger partial charge in [0.2, 0.25) is 0 Å².